The van der Waals surface area contributed by atoms with Gasteiger partial charge in [0.05, 0.1) is 10.9 Å². The zero-order valence-electron chi connectivity index (χ0n) is 13.0. The molecule has 0 bridgehead atoms. The minimum Gasteiger partial charge on any atom is -0.340 e. The molecular formula is C15H20N4O3. The highest BCUT2D eigenvalue weighted by Gasteiger charge is 2.13. The van der Waals surface area contributed by atoms with Gasteiger partial charge in [-0.05, 0) is 32.2 Å². The van der Waals surface area contributed by atoms with E-state index in [0.29, 0.717) is 36.1 Å². The molecule has 0 aliphatic carbocycles. The van der Waals surface area contributed by atoms with E-state index in [0.717, 1.165) is 4.57 Å². The molecule has 0 aliphatic heterocycles. The maximum atomic E-state index is 12.3. The lowest BCUT2D eigenvalue weighted by Gasteiger charge is -2.17. The summed E-state index contributed by atoms with van der Waals surface area (Å²) in [5.74, 6) is -0.155. The lowest BCUT2D eigenvalue weighted by Crippen LogP contribution is -2.35. The van der Waals surface area contributed by atoms with E-state index in [4.69, 9.17) is 0 Å². The number of aromatic nitrogens is 2. The third-order valence-electron chi connectivity index (χ3n) is 3.59. The summed E-state index contributed by atoms with van der Waals surface area (Å²) < 4.78 is 1.13. The highest BCUT2D eigenvalue weighted by Crippen LogP contribution is 2.11. The van der Waals surface area contributed by atoms with Crippen molar-refractivity contribution in [2.75, 3.05) is 27.2 Å². The quantitative estimate of drug-likeness (QED) is 0.814. The number of nitrogens with one attached hydrogen (secondary N) is 2. The van der Waals surface area contributed by atoms with Crippen LogP contribution in [-0.2, 0) is 6.54 Å². The van der Waals surface area contributed by atoms with Gasteiger partial charge in [-0.25, -0.2) is 4.79 Å². The third kappa shape index (κ3) is 2.94. The van der Waals surface area contributed by atoms with E-state index >= 15 is 0 Å². The van der Waals surface area contributed by atoms with Crippen molar-refractivity contribution >= 4 is 16.8 Å². The van der Waals surface area contributed by atoms with Crippen molar-refractivity contribution in [3.8, 4) is 0 Å². The molecule has 2 aromatic rings. The second-order valence-electron chi connectivity index (χ2n) is 5.07. The highest BCUT2D eigenvalue weighted by molar-refractivity contribution is 5.97. The van der Waals surface area contributed by atoms with Crippen LogP contribution in [0.4, 0.5) is 0 Å². The molecule has 0 saturated heterocycles. The molecule has 2 rings (SSSR count). The lowest BCUT2D eigenvalue weighted by molar-refractivity contribution is 0.0797. The molecule has 0 radical (unpaired) electrons. The Labute approximate surface area is 127 Å². The van der Waals surface area contributed by atoms with E-state index in [1.54, 1.807) is 37.1 Å². The molecule has 0 spiro atoms. The smallest absolute Gasteiger partial charge is 0.328 e. The van der Waals surface area contributed by atoms with E-state index in [-0.39, 0.29) is 11.5 Å². The summed E-state index contributed by atoms with van der Waals surface area (Å²) >= 11 is 0. The fourth-order valence-corrected chi connectivity index (χ4v) is 2.28. The van der Waals surface area contributed by atoms with Crippen LogP contribution in [0, 0.1) is 0 Å². The first-order valence-corrected chi connectivity index (χ1v) is 7.16. The van der Waals surface area contributed by atoms with Gasteiger partial charge in [0, 0.05) is 32.2 Å². The number of fused-ring (bicyclic) bond motifs is 1. The number of amides is 1. The fourth-order valence-electron chi connectivity index (χ4n) is 2.28. The summed E-state index contributed by atoms with van der Waals surface area (Å²) in [4.78, 5) is 40.6. The maximum absolute atomic E-state index is 12.3. The number of rotatable bonds is 5. The Morgan fingerprint density at radius 3 is 2.73 bits per heavy atom. The number of carbonyl (C=O) groups excluding carboxylic acids is 1. The molecule has 0 fully saturated rings. The topological polar surface area (TPSA) is 87.2 Å². The van der Waals surface area contributed by atoms with Crippen LogP contribution in [0.1, 0.15) is 17.3 Å². The van der Waals surface area contributed by atoms with Crippen molar-refractivity contribution in [3.63, 3.8) is 0 Å². The molecule has 7 nitrogen and oxygen atoms in total. The van der Waals surface area contributed by atoms with Gasteiger partial charge in [-0.2, -0.15) is 0 Å². The van der Waals surface area contributed by atoms with Crippen LogP contribution in [0.3, 0.4) is 0 Å². The summed E-state index contributed by atoms with van der Waals surface area (Å²) in [5.41, 5.74) is 0.0138. The van der Waals surface area contributed by atoms with Crippen LogP contribution >= 0.6 is 0 Å². The lowest BCUT2D eigenvalue weighted by atomic mass is 10.1. The number of nitrogens with zero attached hydrogens (tertiary/aromatic N) is 2. The summed E-state index contributed by atoms with van der Waals surface area (Å²) in [6.07, 6.45) is 0. The summed E-state index contributed by atoms with van der Waals surface area (Å²) in [7, 11) is 3.53. The molecule has 0 atom stereocenters. The van der Waals surface area contributed by atoms with Crippen LogP contribution in [0.2, 0.25) is 0 Å². The number of hydrogen-bond donors (Lipinski definition) is 2. The van der Waals surface area contributed by atoms with Gasteiger partial charge in [0.15, 0.2) is 0 Å². The Hall–Kier alpha value is -2.41. The van der Waals surface area contributed by atoms with E-state index in [9.17, 15) is 14.4 Å². The van der Waals surface area contributed by atoms with Crippen LogP contribution in [-0.4, -0.2) is 47.5 Å². The zero-order chi connectivity index (χ0) is 16.3. The number of likely N-dealkylation sites (N-methyl/N-ethyl adjacent to an activating group) is 2. The number of aromatic amines is 1. The van der Waals surface area contributed by atoms with Gasteiger partial charge in [0.1, 0.15) is 0 Å². The Bertz CT molecular complexity index is 807. The molecule has 118 valence electrons. The average Bonchev–Trinajstić information content (AvgIpc) is 2.51. The van der Waals surface area contributed by atoms with E-state index in [1.807, 2.05) is 7.05 Å². The predicted molar refractivity (Wildman–Crippen MR) is 85.4 cm³/mol. The van der Waals surface area contributed by atoms with Crippen molar-refractivity contribution < 1.29 is 4.79 Å². The SMILES string of the molecule is CCn1c(=O)[nH]c2cc(C(=O)N(C)CCNC)ccc2c1=O. The Kier molecular flexibility index (Phi) is 4.77. The minimum atomic E-state index is -0.465. The van der Waals surface area contributed by atoms with Gasteiger partial charge in [-0.1, -0.05) is 0 Å². The number of benzene rings is 1. The predicted octanol–water partition coefficient (Wildman–Crippen LogP) is 0.00110. The van der Waals surface area contributed by atoms with Crippen molar-refractivity contribution in [2.24, 2.45) is 0 Å². The largest absolute Gasteiger partial charge is 0.340 e. The zero-order valence-corrected chi connectivity index (χ0v) is 13.0. The van der Waals surface area contributed by atoms with Gasteiger partial charge < -0.3 is 15.2 Å². The van der Waals surface area contributed by atoms with E-state index in [2.05, 4.69) is 10.3 Å². The highest BCUT2D eigenvalue weighted by atomic mass is 16.2. The molecule has 1 aromatic heterocycles. The summed E-state index contributed by atoms with van der Waals surface area (Å²) in [5, 5.41) is 3.38. The van der Waals surface area contributed by atoms with Crippen molar-refractivity contribution in [1.29, 1.82) is 0 Å². The van der Waals surface area contributed by atoms with Gasteiger partial charge in [0.2, 0.25) is 0 Å². The number of carbonyl (C=O) groups is 1. The average molecular weight is 304 g/mol. The second kappa shape index (κ2) is 6.57. The Morgan fingerprint density at radius 1 is 1.36 bits per heavy atom. The van der Waals surface area contributed by atoms with Crippen LogP contribution in [0.5, 0.6) is 0 Å². The number of hydrogen-bond acceptors (Lipinski definition) is 4. The molecule has 2 N–H and O–H groups in total. The summed E-state index contributed by atoms with van der Waals surface area (Å²) in [6.45, 7) is 3.30. The molecule has 1 heterocycles. The number of H-pyrrole nitrogens is 1. The van der Waals surface area contributed by atoms with E-state index in [1.165, 1.54) is 0 Å². The van der Waals surface area contributed by atoms with Crippen molar-refractivity contribution in [1.82, 2.24) is 19.8 Å². The molecule has 22 heavy (non-hydrogen) atoms. The third-order valence-corrected chi connectivity index (χ3v) is 3.59. The normalized spacial score (nSPS) is 10.9. The second-order valence-corrected chi connectivity index (χ2v) is 5.07. The Balaban J connectivity index is 2.45. The van der Waals surface area contributed by atoms with Crippen LogP contribution in [0.15, 0.2) is 27.8 Å². The standard InChI is InChI=1S/C15H20N4O3/c1-4-19-14(21)11-6-5-10(9-12(11)17-15(19)22)13(20)18(3)8-7-16-2/h5-6,9,16H,4,7-8H2,1-3H3,(H,17,22). The van der Waals surface area contributed by atoms with Crippen LogP contribution in [0.25, 0.3) is 10.9 Å². The first kappa shape index (κ1) is 16.0. The molecule has 1 amide bonds. The molecule has 1 aromatic carbocycles. The first-order chi connectivity index (χ1) is 10.5. The fraction of sp³-hybridized carbons (Fsp3) is 0.400. The van der Waals surface area contributed by atoms with Crippen molar-refractivity contribution in [2.45, 2.75) is 13.5 Å². The van der Waals surface area contributed by atoms with Crippen molar-refractivity contribution in [3.05, 3.63) is 44.6 Å². The summed E-state index contributed by atoms with van der Waals surface area (Å²) in [6, 6.07) is 4.75. The first-order valence-electron chi connectivity index (χ1n) is 7.16. The molecule has 7 heteroatoms. The van der Waals surface area contributed by atoms with Gasteiger partial charge in [-0.3, -0.25) is 14.2 Å². The van der Waals surface area contributed by atoms with Gasteiger partial charge >= 0.3 is 5.69 Å². The van der Waals surface area contributed by atoms with Crippen LogP contribution < -0.4 is 16.6 Å². The minimum absolute atomic E-state index is 0.155. The maximum Gasteiger partial charge on any atom is 0.328 e. The molecule has 0 unspecified atom stereocenters. The monoisotopic (exact) mass is 304 g/mol. The molecule has 0 saturated carbocycles. The Morgan fingerprint density at radius 2 is 2.09 bits per heavy atom. The molecular weight excluding hydrogens is 284 g/mol. The molecule has 0 aliphatic rings. The van der Waals surface area contributed by atoms with Gasteiger partial charge in [-0.15, -0.1) is 0 Å². The van der Waals surface area contributed by atoms with Gasteiger partial charge in [0.25, 0.3) is 11.5 Å². The van der Waals surface area contributed by atoms with E-state index < -0.39 is 5.69 Å².